The molecule has 28 heavy (non-hydrogen) atoms. The summed E-state index contributed by atoms with van der Waals surface area (Å²) in [4.78, 5) is 35.7. The molecular formula is C17H18N8O3. The summed E-state index contributed by atoms with van der Waals surface area (Å²) in [6, 6.07) is 6.02. The van der Waals surface area contributed by atoms with Gasteiger partial charge in [0.25, 0.3) is 11.6 Å². The van der Waals surface area contributed by atoms with E-state index in [0.29, 0.717) is 49.7 Å². The number of aryl methyl sites for hydroxylation is 1. The van der Waals surface area contributed by atoms with E-state index in [1.54, 1.807) is 21.7 Å². The summed E-state index contributed by atoms with van der Waals surface area (Å²) in [6.45, 7) is 4.56. The number of rotatable bonds is 4. The average Bonchev–Trinajstić information content (AvgIpc) is 3.16. The third-order valence-electron chi connectivity index (χ3n) is 4.78. The van der Waals surface area contributed by atoms with Gasteiger partial charge in [-0.05, 0) is 13.0 Å². The Balaban J connectivity index is 1.52. The number of anilines is 1. The molecule has 0 radical (unpaired) electrons. The van der Waals surface area contributed by atoms with Crippen molar-refractivity contribution in [3.8, 4) is 0 Å². The van der Waals surface area contributed by atoms with Gasteiger partial charge < -0.3 is 9.80 Å². The Morgan fingerprint density at radius 2 is 1.93 bits per heavy atom. The van der Waals surface area contributed by atoms with Gasteiger partial charge in [-0.25, -0.2) is 14.6 Å². The SMILES string of the molecule is CCn1nnc2c(N3CCN(C(=O)c4ccccc4[N+](=O)[O-])CC3)ncnc21. The van der Waals surface area contributed by atoms with Crippen LogP contribution in [0.1, 0.15) is 17.3 Å². The van der Waals surface area contributed by atoms with Crippen LogP contribution < -0.4 is 4.90 Å². The van der Waals surface area contributed by atoms with Gasteiger partial charge in [0.1, 0.15) is 11.9 Å². The molecule has 1 aliphatic rings. The second-order valence-electron chi connectivity index (χ2n) is 6.33. The molecule has 1 fully saturated rings. The van der Waals surface area contributed by atoms with E-state index in [9.17, 15) is 14.9 Å². The van der Waals surface area contributed by atoms with Gasteiger partial charge in [0.05, 0.1) is 4.92 Å². The minimum atomic E-state index is -0.530. The summed E-state index contributed by atoms with van der Waals surface area (Å²) in [5, 5.41) is 19.5. The molecule has 3 heterocycles. The van der Waals surface area contributed by atoms with E-state index < -0.39 is 4.92 Å². The van der Waals surface area contributed by atoms with E-state index in [0.717, 1.165) is 0 Å². The van der Waals surface area contributed by atoms with Gasteiger partial charge in [0.2, 0.25) is 0 Å². The number of aromatic nitrogens is 5. The Bertz CT molecular complexity index is 1040. The third-order valence-corrected chi connectivity index (χ3v) is 4.78. The minimum Gasteiger partial charge on any atom is -0.351 e. The number of piperazine rings is 1. The van der Waals surface area contributed by atoms with Gasteiger partial charge in [-0.2, -0.15) is 0 Å². The van der Waals surface area contributed by atoms with Crippen molar-refractivity contribution >= 4 is 28.6 Å². The Morgan fingerprint density at radius 3 is 2.64 bits per heavy atom. The molecule has 0 bridgehead atoms. The number of nitrogens with zero attached hydrogens (tertiary/aromatic N) is 8. The predicted molar refractivity (Wildman–Crippen MR) is 100 cm³/mol. The fraction of sp³-hybridized carbons (Fsp3) is 0.353. The maximum atomic E-state index is 12.8. The molecule has 0 saturated carbocycles. The maximum Gasteiger partial charge on any atom is 0.282 e. The quantitative estimate of drug-likeness (QED) is 0.486. The summed E-state index contributed by atoms with van der Waals surface area (Å²) < 4.78 is 1.70. The molecular weight excluding hydrogens is 364 g/mol. The second kappa shape index (κ2) is 7.18. The molecule has 0 N–H and O–H groups in total. The lowest BCUT2D eigenvalue weighted by molar-refractivity contribution is -0.385. The molecule has 1 aromatic carbocycles. The number of carbonyl (C=O) groups is 1. The van der Waals surface area contributed by atoms with Gasteiger partial charge >= 0.3 is 0 Å². The zero-order valence-electron chi connectivity index (χ0n) is 15.2. The summed E-state index contributed by atoms with van der Waals surface area (Å²) in [7, 11) is 0. The fourth-order valence-electron chi connectivity index (χ4n) is 3.33. The lowest BCUT2D eigenvalue weighted by Crippen LogP contribution is -2.49. The molecule has 1 aliphatic heterocycles. The zero-order valence-corrected chi connectivity index (χ0v) is 15.2. The predicted octanol–water partition coefficient (Wildman–Crippen LogP) is 1.11. The highest BCUT2D eigenvalue weighted by atomic mass is 16.6. The van der Waals surface area contributed by atoms with Gasteiger partial charge in [-0.15, -0.1) is 5.10 Å². The number of hydrogen-bond acceptors (Lipinski definition) is 8. The highest BCUT2D eigenvalue weighted by Crippen LogP contribution is 2.24. The monoisotopic (exact) mass is 382 g/mol. The Labute approximate surface area is 159 Å². The van der Waals surface area contributed by atoms with Gasteiger partial charge in [0.15, 0.2) is 17.0 Å². The number of hydrogen-bond donors (Lipinski definition) is 0. The van der Waals surface area contributed by atoms with Crippen molar-refractivity contribution in [2.45, 2.75) is 13.5 Å². The van der Waals surface area contributed by atoms with E-state index in [2.05, 4.69) is 20.3 Å². The number of benzene rings is 1. The van der Waals surface area contributed by atoms with Crippen molar-refractivity contribution in [2.75, 3.05) is 31.1 Å². The fourth-order valence-corrected chi connectivity index (χ4v) is 3.33. The molecule has 4 rings (SSSR count). The van der Waals surface area contributed by atoms with Crippen LogP contribution in [0.25, 0.3) is 11.2 Å². The van der Waals surface area contributed by atoms with Crippen LogP contribution in [0.3, 0.4) is 0 Å². The minimum absolute atomic E-state index is 0.108. The molecule has 1 amide bonds. The Morgan fingerprint density at radius 1 is 1.18 bits per heavy atom. The lowest BCUT2D eigenvalue weighted by atomic mass is 10.1. The second-order valence-corrected chi connectivity index (χ2v) is 6.33. The first-order valence-electron chi connectivity index (χ1n) is 8.92. The zero-order chi connectivity index (χ0) is 19.7. The van der Waals surface area contributed by atoms with Crippen molar-refractivity contribution in [1.82, 2.24) is 29.9 Å². The molecule has 0 atom stereocenters. The smallest absolute Gasteiger partial charge is 0.282 e. The number of nitro benzene ring substituents is 1. The number of amides is 1. The van der Waals surface area contributed by atoms with Crippen LogP contribution in [-0.2, 0) is 6.54 Å². The summed E-state index contributed by atoms with van der Waals surface area (Å²) >= 11 is 0. The van der Waals surface area contributed by atoms with E-state index in [1.165, 1.54) is 18.5 Å². The van der Waals surface area contributed by atoms with Crippen molar-refractivity contribution in [2.24, 2.45) is 0 Å². The molecule has 0 spiro atoms. The summed E-state index contributed by atoms with van der Waals surface area (Å²) in [5.41, 5.74) is 1.23. The van der Waals surface area contributed by atoms with Crippen LogP contribution in [0.4, 0.5) is 11.5 Å². The van der Waals surface area contributed by atoms with Crippen LogP contribution in [-0.4, -0.2) is 66.9 Å². The summed E-state index contributed by atoms with van der Waals surface area (Å²) in [6.07, 6.45) is 1.48. The van der Waals surface area contributed by atoms with Crippen LogP contribution in [0.15, 0.2) is 30.6 Å². The van der Waals surface area contributed by atoms with Crippen LogP contribution in [0.5, 0.6) is 0 Å². The topological polar surface area (TPSA) is 123 Å². The first kappa shape index (κ1) is 17.8. The third kappa shape index (κ3) is 3.00. The van der Waals surface area contributed by atoms with Crippen molar-refractivity contribution in [3.63, 3.8) is 0 Å². The average molecular weight is 382 g/mol. The molecule has 0 aliphatic carbocycles. The standard InChI is InChI=1S/C17H18N8O3/c1-2-24-16-14(20-21-24)15(18-11-19-16)22-7-9-23(10-8-22)17(26)12-5-3-4-6-13(12)25(27)28/h3-6,11H,2,7-10H2,1H3. The molecule has 11 heteroatoms. The van der Waals surface area contributed by atoms with E-state index >= 15 is 0 Å². The molecule has 144 valence electrons. The van der Waals surface area contributed by atoms with Crippen LogP contribution >= 0.6 is 0 Å². The molecule has 2 aromatic heterocycles. The number of nitro groups is 1. The van der Waals surface area contributed by atoms with Gasteiger partial charge in [-0.3, -0.25) is 14.9 Å². The highest BCUT2D eigenvalue weighted by Gasteiger charge is 2.28. The molecule has 0 unspecified atom stereocenters. The largest absolute Gasteiger partial charge is 0.351 e. The van der Waals surface area contributed by atoms with E-state index in [4.69, 9.17) is 0 Å². The Hall–Kier alpha value is -3.63. The van der Waals surface area contributed by atoms with Gasteiger partial charge in [0, 0.05) is 38.8 Å². The van der Waals surface area contributed by atoms with Crippen LogP contribution in [0.2, 0.25) is 0 Å². The normalized spacial score (nSPS) is 14.5. The van der Waals surface area contributed by atoms with Crippen LogP contribution in [0, 0.1) is 10.1 Å². The van der Waals surface area contributed by atoms with E-state index in [1.807, 2.05) is 11.8 Å². The number of fused-ring (bicyclic) bond motifs is 1. The number of para-hydroxylation sites is 1. The molecule has 3 aromatic rings. The maximum absolute atomic E-state index is 12.8. The molecule has 1 saturated heterocycles. The first-order chi connectivity index (χ1) is 13.6. The van der Waals surface area contributed by atoms with Gasteiger partial charge in [-0.1, -0.05) is 17.3 Å². The van der Waals surface area contributed by atoms with Crippen molar-refractivity contribution in [1.29, 1.82) is 0 Å². The Kier molecular flexibility index (Phi) is 4.55. The van der Waals surface area contributed by atoms with Crippen molar-refractivity contribution in [3.05, 3.63) is 46.3 Å². The van der Waals surface area contributed by atoms with Crippen molar-refractivity contribution < 1.29 is 9.72 Å². The molecule has 11 nitrogen and oxygen atoms in total. The lowest BCUT2D eigenvalue weighted by Gasteiger charge is -2.35. The highest BCUT2D eigenvalue weighted by molar-refractivity contribution is 5.98. The van der Waals surface area contributed by atoms with E-state index in [-0.39, 0.29) is 17.2 Å². The first-order valence-corrected chi connectivity index (χ1v) is 8.92. The number of carbonyl (C=O) groups excluding carboxylic acids is 1. The summed E-state index contributed by atoms with van der Waals surface area (Å²) in [5.74, 6) is 0.346.